The molecule has 0 aromatic rings. The van der Waals surface area contributed by atoms with E-state index < -0.39 is 12.0 Å². The number of unbranched alkanes of at least 4 members (excludes halogenated alkanes) is 8. The van der Waals surface area contributed by atoms with Gasteiger partial charge in [-0.2, -0.15) is 0 Å². The van der Waals surface area contributed by atoms with Crippen LogP contribution in [-0.2, 0) is 9.59 Å². The molecule has 5 heteroatoms. The van der Waals surface area contributed by atoms with Crippen LogP contribution in [0.5, 0.6) is 0 Å². The second-order valence-corrected chi connectivity index (χ2v) is 5.73. The Kier molecular flexibility index (Phi) is 16.7. The minimum absolute atomic E-state index is 0. The van der Waals surface area contributed by atoms with Gasteiger partial charge in [-0.3, -0.25) is 9.69 Å². The average Bonchev–Trinajstić information content (AvgIpc) is 2.36. The zero-order chi connectivity index (χ0) is 15.4. The van der Waals surface area contributed by atoms with Crippen LogP contribution < -0.4 is 34.7 Å². The Morgan fingerprint density at radius 3 is 1.71 bits per heavy atom. The number of nitrogens with zero attached hydrogens (tertiary/aromatic N) is 1. The number of hydrogen-bond donors (Lipinski definition) is 0. The van der Waals surface area contributed by atoms with Gasteiger partial charge in [0.2, 0.25) is 0 Å². The molecule has 0 aliphatic rings. The van der Waals surface area contributed by atoms with E-state index in [1.165, 1.54) is 43.4 Å². The zero-order valence-corrected chi connectivity index (χ0v) is 16.3. The van der Waals surface area contributed by atoms with E-state index in [-0.39, 0.29) is 35.3 Å². The van der Waals surface area contributed by atoms with Crippen LogP contribution in [-0.4, -0.2) is 36.8 Å². The fraction of sp³-hybridized carbons (Fsp3) is 0.875. The maximum atomic E-state index is 11.8. The molecular weight excluding hydrogens is 277 g/mol. The number of carbonyl (C=O) groups excluding carboxylic acids is 2. The number of hydrogen-bond acceptors (Lipinski definition) is 4. The fourth-order valence-electron chi connectivity index (χ4n) is 2.38. The van der Waals surface area contributed by atoms with Crippen LogP contribution in [0.3, 0.4) is 0 Å². The molecule has 0 amide bonds. The smallest absolute Gasteiger partial charge is 0.548 e. The Hall–Kier alpha value is 0.1000. The van der Waals surface area contributed by atoms with Crippen molar-refractivity contribution in [1.82, 2.24) is 4.90 Å². The van der Waals surface area contributed by atoms with Crippen molar-refractivity contribution in [3.63, 3.8) is 0 Å². The SMILES string of the molecule is CCCCCCCCCCCC(=O)[C@@H](C(=O)[O-])N(C)C.[Na+]. The van der Waals surface area contributed by atoms with Gasteiger partial charge in [-0.15, -0.1) is 0 Å². The molecule has 0 saturated carbocycles. The summed E-state index contributed by atoms with van der Waals surface area (Å²) >= 11 is 0. The molecule has 0 saturated heterocycles. The number of carboxylic acids is 1. The summed E-state index contributed by atoms with van der Waals surface area (Å²) < 4.78 is 0. The van der Waals surface area contributed by atoms with Gasteiger partial charge in [0, 0.05) is 6.42 Å². The van der Waals surface area contributed by atoms with Crippen LogP contribution in [0.1, 0.15) is 71.1 Å². The topological polar surface area (TPSA) is 60.4 Å². The van der Waals surface area contributed by atoms with Gasteiger partial charge < -0.3 is 9.90 Å². The number of rotatable bonds is 13. The van der Waals surface area contributed by atoms with E-state index in [0.717, 1.165) is 19.3 Å². The van der Waals surface area contributed by atoms with Gasteiger partial charge in [0.05, 0.1) is 5.97 Å². The van der Waals surface area contributed by atoms with E-state index in [0.29, 0.717) is 6.42 Å². The number of ketones is 1. The van der Waals surface area contributed by atoms with Gasteiger partial charge in [-0.25, -0.2) is 0 Å². The van der Waals surface area contributed by atoms with E-state index >= 15 is 0 Å². The first kappa shape index (κ1) is 23.4. The molecule has 0 fully saturated rings. The second kappa shape index (κ2) is 15.0. The summed E-state index contributed by atoms with van der Waals surface area (Å²) in [5, 5.41) is 10.9. The van der Waals surface area contributed by atoms with Crippen LogP contribution in [0.15, 0.2) is 0 Å². The monoisotopic (exact) mass is 307 g/mol. The van der Waals surface area contributed by atoms with Crippen molar-refractivity contribution in [3.05, 3.63) is 0 Å². The predicted octanol–water partition coefficient (Wildman–Crippen LogP) is -0.839. The van der Waals surface area contributed by atoms with Gasteiger partial charge in [-0.1, -0.05) is 58.3 Å². The van der Waals surface area contributed by atoms with E-state index in [1.807, 2.05) is 0 Å². The summed E-state index contributed by atoms with van der Waals surface area (Å²) in [6, 6.07) is -1.09. The number of likely N-dealkylation sites (N-methyl/N-ethyl adjacent to an activating group) is 1. The predicted molar refractivity (Wildman–Crippen MR) is 79.3 cm³/mol. The van der Waals surface area contributed by atoms with Gasteiger partial charge >= 0.3 is 29.6 Å². The summed E-state index contributed by atoms with van der Waals surface area (Å²) in [6.07, 6.45) is 11.0. The Morgan fingerprint density at radius 1 is 0.905 bits per heavy atom. The Balaban J connectivity index is 0. The Morgan fingerprint density at radius 2 is 1.33 bits per heavy atom. The first-order valence-corrected chi connectivity index (χ1v) is 7.90. The van der Waals surface area contributed by atoms with E-state index in [9.17, 15) is 14.7 Å². The summed E-state index contributed by atoms with van der Waals surface area (Å²) in [6.45, 7) is 2.21. The van der Waals surface area contributed by atoms with E-state index in [4.69, 9.17) is 0 Å². The molecule has 0 aromatic heterocycles. The zero-order valence-electron chi connectivity index (χ0n) is 14.3. The third-order valence-corrected chi connectivity index (χ3v) is 3.57. The molecule has 0 aliphatic carbocycles. The minimum Gasteiger partial charge on any atom is -0.548 e. The van der Waals surface area contributed by atoms with Crippen LogP contribution in [0.2, 0.25) is 0 Å². The number of carbonyl (C=O) groups is 2. The minimum atomic E-state index is -1.30. The van der Waals surface area contributed by atoms with Crippen LogP contribution in [0.4, 0.5) is 0 Å². The molecule has 0 radical (unpaired) electrons. The van der Waals surface area contributed by atoms with Crippen molar-refractivity contribution in [2.75, 3.05) is 14.1 Å². The van der Waals surface area contributed by atoms with Gasteiger partial charge in [0.25, 0.3) is 0 Å². The summed E-state index contributed by atoms with van der Waals surface area (Å²) in [5.74, 6) is -1.53. The number of carboxylic acid groups (broad SMARTS) is 1. The molecule has 0 spiro atoms. The molecule has 21 heavy (non-hydrogen) atoms. The molecule has 0 unspecified atom stereocenters. The maximum Gasteiger partial charge on any atom is 1.00 e. The van der Waals surface area contributed by atoms with Gasteiger partial charge in [0.1, 0.15) is 6.04 Å². The van der Waals surface area contributed by atoms with Gasteiger partial charge in [0.15, 0.2) is 5.78 Å². The van der Waals surface area contributed by atoms with Crippen molar-refractivity contribution in [1.29, 1.82) is 0 Å². The summed E-state index contributed by atoms with van der Waals surface area (Å²) in [4.78, 5) is 24.0. The van der Waals surface area contributed by atoms with Crippen molar-refractivity contribution >= 4 is 11.8 Å². The summed E-state index contributed by atoms with van der Waals surface area (Å²) in [7, 11) is 3.18. The molecule has 1 atom stereocenters. The largest absolute Gasteiger partial charge is 1.00 e. The van der Waals surface area contributed by atoms with Crippen LogP contribution in [0.25, 0.3) is 0 Å². The molecule has 0 aromatic carbocycles. The molecule has 0 aliphatic heterocycles. The molecule has 0 rings (SSSR count). The third kappa shape index (κ3) is 12.3. The maximum absolute atomic E-state index is 11.8. The first-order chi connectivity index (χ1) is 9.50. The molecule has 0 heterocycles. The fourth-order valence-corrected chi connectivity index (χ4v) is 2.38. The number of aliphatic carboxylic acids is 1. The van der Waals surface area contributed by atoms with Crippen molar-refractivity contribution in [2.45, 2.75) is 77.2 Å². The molecular formula is C16H30NNaO3. The molecule has 0 N–H and O–H groups in total. The standard InChI is InChI=1S/C16H31NO3.Na/c1-4-5-6-7-8-9-10-11-12-13-14(18)15(16(19)20)17(2)3;/h15H,4-13H2,1-3H3,(H,19,20);/q;+1/p-1/t15-;/m0./s1. The first-order valence-electron chi connectivity index (χ1n) is 7.90. The van der Waals surface area contributed by atoms with E-state index in [2.05, 4.69) is 6.92 Å². The number of Topliss-reactive ketones (excluding diaryl/α,β-unsaturated/α-hetero) is 1. The quantitative estimate of drug-likeness (QED) is 0.253. The van der Waals surface area contributed by atoms with Crippen molar-refractivity contribution in [2.24, 2.45) is 0 Å². The van der Waals surface area contributed by atoms with Crippen LogP contribution >= 0.6 is 0 Å². The molecule has 0 bridgehead atoms. The van der Waals surface area contributed by atoms with Crippen molar-refractivity contribution in [3.8, 4) is 0 Å². The van der Waals surface area contributed by atoms with E-state index in [1.54, 1.807) is 14.1 Å². The average molecular weight is 307 g/mol. The van der Waals surface area contributed by atoms with Crippen molar-refractivity contribution < 1.29 is 44.3 Å². The third-order valence-electron chi connectivity index (χ3n) is 3.57. The summed E-state index contributed by atoms with van der Waals surface area (Å²) in [5.41, 5.74) is 0. The second-order valence-electron chi connectivity index (χ2n) is 5.73. The normalized spacial score (nSPS) is 12.0. The Labute approximate surface area is 152 Å². The van der Waals surface area contributed by atoms with Crippen LogP contribution in [0, 0.1) is 0 Å². The Bertz CT molecular complexity index is 283. The molecule has 4 nitrogen and oxygen atoms in total. The van der Waals surface area contributed by atoms with Gasteiger partial charge in [-0.05, 0) is 20.5 Å². The molecule has 118 valence electrons.